The van der Waals surface area contributed by atoms with Crippen molar-refractivity contribution < 1.29 is 23.9 Å². The third-order valence-electron chi connectivity index (χ3n) is 4.62. The van der Waals surface area contributed by atoms with Gasteiger partial charge < -0.3 is 20.1 Å². The maximum Gasteiger partial charge on any atom is 0.341 e. The van der Waals surface area contributed by atoms with E-state index in [0.29, 0.717) is 21.9 Å². The maximum absolute atomic E-state index is 12.9. The molecule has 166 valence electrons. The fourth-order valence-corrected chi connectivity index (χ4v) is 4.36. The van der Waals surface area contributed by atoms with E-state index in [0.717, 1.165) is 21.4 Å². The van der Waals surface area contributed by atoms with E-state index in [-0.39, 0.29) is 22.9 Å². The molecular weight excluding hydrogens is 496 g/mol. The van der Waals surface area contributed by atoms with Crippen molar-refractivity contribution in [3.63, 3.8) is 0 Å². The summed E-state index contributed by atoms with van der Waals surface area (Å²) in [6.07, 6.45) is 0.123. The molecule has 3 aromatic rings. The van der Waals surface area contributed by atoms with Gasteiger partial charge in [0.1, 0.15) is 10.8 Å². The van der Waals surface area contributed by atoms with Gasteiger partial charge in [-0.25, -0.2) is 4.79 Å². The standard InChI is InChI=1S/C23H21BrN2O5S/c1-13-19(23(29)31-3)22(26-18(27)12-14-4-6-15(24)7-5-14)32-20(13)21(28)25-16-8-10-17(30-2)11-9-16/h4-11H,12H2,1-3H3,(H,25,28)(H,26,27). The molecule has 0 spiro atoms. The molecule has 0 bridgehead atoms. The van der Waals surface area contributed by atoms with Gasteiger partial charge in [-0.1, -0.05) is 28.1 Å². The summed E-state index contributed by atoms with van der Waals surface area (Å²) in [6, 6.07) is 14.2. The summed E-state index contributed by atoms with van der Waals surface area (Å²) in [5.74, 6) is -0.655. The Morgan fingerprint density at radius 1 is 0.969 bits per heavy atom. The Morgan fingerprint density at radius 2 is 1.62 bits per heavy atom. The van der Waals surface area contributed by atoms with Crippen LogP contribution in [0.15, 0.2) is 53.0 Å². The minimum atomic E-state index is -0.624. The fraction of sp³-hybridized carbons (Fsp3) is 0.174. The smallest absolute Gasteiger partial charge is 0.341 e. The number of nitrogens with one attached hydrogen (secondary N) is 2. The Kier molecular flexibility index (Phi) is 7.66. The van der Waals surface area contributed by atoms with Gasteiger partial charge in [0.05, 0.1) is 31.1 Å². The second kappa shape index (κ2) is 10.4. The van der Waals surface area contributed by atoms with E-state index in [4.69, 9.17) is 9.47 Å². The monoisotopic (exact) mass is 516 g/mol. The van der Waals surface area contributed by atoms with Crippen molar-refractivity contribution >= 4 is 55.7 Å². The number of carbonyl (C=O) groups is 3. The largest absolute Gasteiger partial charge is 0.497 e. The molecule has 0 aliphatic heterocycles. The number of hydrogen-bond acceptors (Lipinski definition) is 6. The molecule has 0 atom stereocenters. The molecule has 3 rings (SSSR count). The van der Waals surface area contributed by atoms with Gasteiger partial charge in [0.2, 0.25) is 5.91 Å². The Morgan fingerprint density at radius 3 is 2.22 bits per heavy atom. The average Bonchev–Trinajstić information content (AvgIpc) is 3.11. The van der Waals surface area contributed by atoms with Crippen LogP contribution in [0.5, 0.6) is 5.75 Å². The first kappa shape index (κ1) is 23.5. The summed E-state index contributed by atoms with van der Waals surface area (Å²) in [6.45, 7) is 1.65. The molecule has 2 aromatic carbocycles. The lowest BCUT2D eigenvalue weighted by atomic mass is 10.1. The average molecular weight is 517 g/mol. The van der Waals surface area contributed by atoms with Crippen LogP contribution in [0.3, 0.4) is 0 Å². The molecule has 0 saturated heterocycles. The number of anilines is 2. The van der Waals surface area contributed by atoms with Gasteiger partial charge in [-0.15, -0.1) is 11.3 Å². The van der Waals surface area contributed by atoms with E-state index < -0.39 is 11.9 Å². The highest BCUT2D eigenvalue weighted by atomic mass is 79.9. The Hall–Kier alpha value is -3.17. The number of hydrogen-bond donors (Lipinski definition) is 2. The molecule has 0 aliphatic carbocycles. The van der Waals surface area contributed by atoms with Crippen molar-refractivity contribution in [3.8, 4) is 5.75 Å². The van der Waals surface area contributed by atoms with Crippen molar-refractivity contribution in [1.82, 2.24) is 0 Å². The second-order valence-electron chi connectivity index (χ2n) is 6.79. The molecule has 0 aliphatic rings. The lowest BCUT2D eigenvalue weighted by Crippen LogP contribution is -2.16. The summed E-state index contributed by atoms with van der Waals surface area (Å²) in [7, 11) is 2.81. The number of halogens is 1. The number of thiophene rings is 1. The highest BCUT2D eigenvalue weighted by Gasteiger charge is 2.26. The molecule has 9 heteroatoms. The number of methoxy groups -OCH3 is 2. The van der Waals surface area contributed by atoms with Crippen molar-refractivity contribution in [2.45, 2.75) is 13.3 Å². The lowest BCUT2D eigenvalue weighted by Gasteiger charge is -2.06. The topological polar surface area (TPSA) is 93.7 Å². The summed E-state index contributed by atoms with van der Waals surface area (Å²) < 4.78 is 10.9. The van der Waals surface area contributed by atoms with E-state index in [1.54, 1.807) is 38.3 Å². The molecule has 0 fully saturated rings. The highest BCUT2D eigenvalue weighted by molar-refractivity contribution is 9.10. The minimum Gasteiger partial charge on any atom is -0.497 e. The molecule has 7 nitrogen and oxygen atoms in total. The third-order valence-corrected chi connectivity index (χ3v) is 6.36. The molecule has 0 unspecified atom stereocenters. The molecule has 2 amide bonds. The van der Waals surface area contributed by atoms with Crippen molar-refractivity contribution in [1.29, 1.82) is 0 Å². The number of ether oxygens (including phenoxy) is 2. The van der Waals surface area contributed by atoms with Crippen LogP contribution in [0.4, 0.5) is 10.7 Å². The Bertz CT molecular complexity index is 1140. The van der Waals surface area contributed by atoms with Gasteiger partial charge in [-0.3, -0.25) is 9.59 Å². The Labute approximate surface area is 197 Å². The minimum absolute atomic E-state index is 0.123. The van der Waals surface area contributed by atoms with Gasteiger partial charge in [0, 0.05) is 10.2 Å². The van der Waals surface area contributed by atoms with Crippen LogP contribution in [0.1, 0.15) is 31.2 Å². The van der Waals surface area contributed by atoms with Crippen molar-refractivity contribution in [2.75, 3.05) is 24.9 Å². The van der Waals surface area contributed by atoms with Crippen LogP contribution in [-0.2, 0) is 16.0 Å². The first-order valence-electron chi connectivity index (χ1n) is 9.53. The fourth-order valence-electron chi connectivity index (χ4n) is 2.99. The molecule has 0 saturated carbocycles. The lowest BCUT2D eigenvalue weighted by molar-refractivity contribution is -0.115. The SMILES string of the molecule is COC(=O)c1c(NC(=O)Cc2ccc(Br)cc2)sc(C(=O)Nc2ccc(OC)cc2)c1C. The number of benzene rings is 2. The van der Waals surface area contributed by atoms with E-state index >= 15 is 0 Å². The van der Waals surface area contributed by atoms with Crippen LogP contribution in [0.2, 0.25) is 0 Å². The molecule has 2 N–H and O–H groups in total. The zero-order chi connectivity index (χ0) is 23.3. The van der Waals surface area contributed by atoms with Gasteiger partial charge in [-0.2, -0.15) is 0 Å². The molecule has 1 heterocycles. The molecule has 32 heavy (non-hydrogen) atoms. The van der Waals surface area contributed by atoms with Crippen molar-refractivity contribution in [3.05, 3.63) is 74.6 Å². The molecule has 0 radical (unpaired) electrons. The Balaban J connectivity index is 1.83. The van der Waals surface area contributed by atoms with Gasteiger partial charge in [-0.05, 0) is 54.4 Å². The predicted molar refractivity (Wildman–Crippen MR) is 128 cm³/mol. The van der Waals surface area contributed by atoms with Gasteiger partial charge in [0.15, 0.2) is 0 Å². The van der Waals surface area contributed by atoms with Crippen LogP contribution in [-0.4, -0.2) is 32.0 Å². The van der Waals surface area contributed by atoms with E-state index in [9.17, 15) is 14.4 Å². The van der Waals surface area contributed by atoms with Crippen LogP contribution < -0.4 is 15.4 Å². The number of rotatable bonds is 7. The predicted octanol–water partition coefficient (Wildman–Crippen LogP) is 5.05. The summed E-state index contributed by atoms with van der Waals surface area (Å²) in [4.78, 5) is 38.1. The van der Waals surface area contributed by atoms with Crippen molar-refractivity contribution in [2.24, 2.45) is 0 Å². The maximum atomic E-state index is 12.9. The molecular formula is C23H21BrN2O5S. The quantitative estimate of drug-likeness (QED) is 0.428. The third kappa shape index (κ3) is 5.54. The van der Waals surface area contributed by atoms with E-state index in [1.807, 2.05) is 24.3 Å². The first-order chi connectivity index (χ1) is 15.3. The highest BCUT2D eigenvalue weighted by Crippen LogP contribution is 2.34. The zero-order valence-corrected chi connectivity index (χ0v) is 20.1. The van der Waals surface area contributed by atoms with Crippen LogP contribution in [0, 0.1) is 6.92 Å². The normalized spacial score (nSPS) is 10.4. The van der Waals surface area contributed by atoms with Crippen LogP contribution >= 0.6 is 27.3 Å². The summed E-state index contributed by atoms with van der Waals surface area (Å²) in [5, 5.41) is 5.82. The number of carbonyl (C=O) groups excluding carboxylic acids is 3. The number of esters is 1. The summed E-state index contributed by atoms with van der Waals surface area (Å²) in [5.41, 5.74) is 1.99. The second-order valence-corrected chi connectivity index (χ2v) is 8.72. The summed E-state index contributed by atoms with van der Waals surface area (Å²) >= 11 is 4.39. The van der Waals surface area contributed by atoms with E-state index in [2.05, 4.69) is 26.6 Å². The van der Waals surface area contributed by atoms with Gasteiger partial charge in [0.25, 0.3) is 5.91 Å². The molecule has 1 aromatic heterocycles. The first-order valence-corrected chi connectivity index (χ1v) is 11.1. The number of amides is 2. The van der Waals surface area contributed by atoms with E-state index in [1.165, 1.54) is 7.11 Å². The van der Waals surface area contributed by atoms with Crippen LogP contribution in [0.25, 0.3) is 0 Å². The zero-order valence-electron chi connectivity index (χ0n) is 17.7. The van der Waals surface area contributed by atoms with Gasteiger partial charge >= 0.3 is 5.97 Å².